The largest absolute Gasteiger partial charge is 0.413 e. The van der Waals surface area contributed by atoms with Gasteiger partial charge in [0.25, 0.3) is 10.3 Å². The molecule has 0 bridgehead atoms. The lowest BCUT2D eigenvalue weighted by atomic mass is 10.5. The van der Waals surface area contributed by atoms with E-state index in [2.05, 4.69) is 34.4 Å². The maximum absolute atomic E-state index is 5.09. The summed E-state index contributed by atoms with van der Waals surface area (Å²) in [7, 11) is 0. The smallest absolute Gasteiger partial charge is 0.260 e. The highest BCUT2D eigenvalue weighted by atomic mass is 32.1. The van der Waals surface area contributed by atoms with Crippen molar-refractivity contribution in [3.05, 3.63) is 48.8 Å². The second-order valence-corrected chi connectivity index (χ2v) is 3.98. The molecule has 0 unspecified atom stereocenters. The van der Waals surface area contributed by atoms with Gasteiger partial charge in [-0.1, -0.05) is 12.1 Å². The Morgan fingerprint density at radius 2 is 1.20 bits per heavy atom. The summed E-state index contributed by atoms with van der Waals surface area (Å²) in [4.78, 5) is 7.66. The van der Waals surface area contributed by atoms with Crippen LogP contribution < -0.4 is 20.9 Å². The van der Waals surface area contributed by atoms with Crippen LogP contribution in [0.25, 0.3) is 0 Å². The van der Waals surface area contributed by atoms with E-state index in [-0.39, 0.29) is 10.3 Å². The first-order valence-corrected chi connectivity index (χ1v) is 6.16. The summed E-state index contributed by atoms with van der Waals surface area (Å²) in [5.41, 5.74) is 10.2. The molecule has 0 fully saturated rings. The average Bonchev–Trinajstić information content (AvgIpc) is 2.40. The van der Waals surface area contributed by atoms with Gasteiger partial charge in [0, 0.05) is 24.5 Å². The predicted molar refractivity (Wildman–Crippen MR) is 83.3 cm³/mol. The zero-order valence-electron chi connectivity index (χ0n) is 10.3. The summed E-state index contributed by atoms with van der Waals surface area (Å²) < 4.78 is 9.62. The summed E-state index contributed by atoms with van der Waals surface area (Å²) >= 11 is 8.99. The van der Waals surface area contributed by atoms with Crippen molar-refractivity contribution in [2.45, 2.75) is 0 Å². The Balaban J connectivity index is 0.000000200. The third kappa shape index (κ3) is 7.19. The quantitative estimate of drug-likeness (QED) is 0.804. The van der Waals surface area contributed by atoms with Crippen molar-refractivity contribution in [1.82, 2.24) is 9.97 Å². The second-order valence-electron chi connectivity index (χ2n) is 3.18. The van der Waals surface area contributed by atoms with Crippen LogP contribution in [-0.4, -0.2) is 20.3 Å². The van der Waals surface area contributed by atoms with Gasteiger partial charge in [0.2, 0.25) is 11.8 Å². The highest BCUT2D eigenvalue weighted by Crippen LogP contribution is 2.02. The second kappa shape index (κ2) is 8.73. The standard InChI is InChI=1S/2C6H6N2OS/c2*7-6(10)9-5-3-1-2-4-8-5/h2*1-4H,(H2,7,10). The Labute approximate surface area is 126 Å². The van der Waals surface area contributed by atoms with Gasteiger partial charge in [0.1, 0.15) is 0 Å². The third-order valence-corrected chi connectivity index (χ3v) is 1.85. The molecule has 0 saturated heterocycles. The van der Waals surface area contributed by atoms with Crippen LogP contribution in [0.3, 0.4) is 0 Å². The number of rotatable bonds is 2. The molecule has 0 atom stereocenters. The normalized spacial score (nSPS) is 8.80. The molecule has 0 amide bonds. The lowest BCUT2D eigenvalue weighted by molar-refractivity contribution is 0.533. The van der Waals surface area contributed by atoms with Crippen LogP contribution >= 0.6 is 24.4 Å². The van der Waals surface area contributed by atoms with Gasteiger partial charge in [-0.05, 0) is 36.6 Å². The summed E-state index contributed by atoms with van der Waals surface area (Å²) in [6.07, 6.45) is 3.21. The summed E-state index contributed by atoms with van der Waals surface area (Å²) in [5, 5.41) is -0.0302. The first-order chi connectivity index (χ1) is 9.58. The summed E-state index contributed by atoms with van der Waals surface area (Å²) in [6, 6.07) is 10.5. The first kappa shape index (κ1) is 15.7. The molecule has 2 heterocycles. The van der Waals surface area contributed by atoms with Crippen LogP contribution in [0.5, 0.6) is 11.8 Å². The Kier molecular flexibility index (Phi) is 6.87. The van der Waals surface area contributed by atoms with Gasteiger partial charge < -0.3 is 20.9 Å². The number of thiocarbonyl (C=S) groups is 2. The van der Waals surface area contributed by atoms with Gasteiger partial charge >= 0.3 is 0 Å². The van der Waals surface area contributed by atoms with E-state index in [1.165, 1.54) is 0 Å². The van der Waals surface area contributed by atoms with Crippen LogP contribution in [0, 0.1) is 0 Å². The molecule has 0 aromatic carbocycles. The minimum Gasteiger partial charge on any atom is -0.413 e. The molecular formula is C12H12N4O2S2. The predicted octanol–water partition coefficient (Wildman–Crippen LogP) is 1.41. The van der Waals surface area contributed by atoms with Gasteiger partial charge in [-0.3, -0.25) is 0 Å². The van der Waals surface area contributed by atoms with Crippen molar-refractivity contribution >= 4 is 34.8 Å². The van der Waals surface area contributed by atoms with Gasteiger partial charge in [0.05, 0.1) is 0 Å². The number of hydrogen-bond donors (Lipinski definition) is 2. The zero-order chi connectivity index (χ0) is 14.8. The summed E-state index contributed by atoms with van der Waals surface area (Å²) in [5.74, 6) is 0.852. The van der Waals surface area contributed by atoms with Gasteiger partial charge in [-0.15, -0.1) is 0 Å². The molecule has 0 aliphatic carbocycles. The van der Waals surface area contributed by atoms with Crippen molar-refractivity contribution < 1.29 is 9.47 Å². The van der Waals surface area contributed by atoms with Crippen LogP contribution in [-0.2, 0) is 0 Å². The Hall–Kier alpha value is -2.32. The lowest BCUT2D eigenvalue weighted by Gasteiger charge is -1.98. The van der Waals surface area contributed by atoms with E-state index in [1.54, 1.807) is 48.8 Å². The van der Waals surface area contributed by atoms with Crippen LogP contribution in [0.4, 0.5) is 0 Å². The average molecular weight is 308 g/mol. The molecule has 0 aliphatic rings. The van der Waals surface area contributed by atoms with Crippen LogP contribution in [0.15, 0.2) is 48.8 Å². The summed E-state index contributed by atoms with van der Waals surface area (Å²) in [6.45, 7) is 0. The minimum absolute atomic E-state index is 0.0151. The maximum Gasteiger partial charge on any atom is 0.260 e. The van der Waals surface area contributed by atoms with E-state index in [9.17, 15) is 0 Å². The lowest BCUT2D eigenvalue weighted by Crippen LogP contribution is -2.16. The number of hydrogen-bond acceptors (Lipinski definition) is 6. The molecule has 0 spiro atoms. The highest BCUT2D eigenvalue weighted by molar-refractivity contribution is 7.80. The first-order valence-electron chi connectivity index (χ1n) is 5.34. The zero-order valence-corrected chi connectivity index (χ0v) is 11.9. The van der Waals surface area contributed by atoms with Crippen molar-refractivity contribution in [1.29, 1.82) is 0 Å². The molecule has 20 heavy (non-hydrogen) atoms. The molecule has 0 radical (unpaired) electrons. The Morgan fingerprint density at radius 3 is 1.45 bits per heavy atom. The van der Waals surface area contributed by atoms with Crippen molar-refractivity contribution in [2.75, 3.05) is 0 Å². The number of ether oxygens (including phenoxy) is 2. The van der Waals surface area contributed by atoms with Gasteiger partial charge in [-0.25, -0.2) is 9.97 Å². The molecule has 8 heteroatoms. The fraction of sp³-hybridized carbons (Fsp3) is 0. The molecule has 2 rings (SSSR count). The number of nitrogens with zero attached hydrogens (tertiary/aromatic N) is 2. The Bertz CT molecular complexity index is 500. The van der Waals surface area contributed by atoms with Crippen molar-refractivity contribution in [2.24, 2.45) is 11.5 Å². The van der Waals surface area contributed by atoms with Crippen molar-refractivity contribution in [3.8, 4) is 11.8 Å². The van der Waals surface area contributed by atoms with E-state index >= 15 is 0 Å². The monoisotopic (exact) mass is 308 g/mol. The molecular weight excluding hydrogens is 296 g/mol. The topological polar surface area (TPSA) is 96.3 Å². The van der Waals surface area contributed by atoms with E-state index in [0.29, 0.717) is 11.8 Å². The molecule has 6 nitrogen and oxygen atoms in total. The van der Waals surface area contributed by atoms with Crippen LogP contribution in [0.2, 0.25) is 0 Å². The molecule has 2 aromatic heterocycles. The van der Waals surface area contributed by atoms with E-state index in [1.807, 2.05) is 0 Å². The van der Waals surface area contributed by atoms with Gasteiger partial charge in [-0.2, -0.15) is 0 Å². The number of nitrogens with two attached hydrogens (primary N) is 2. The van der Waals surface area contributed by atoms with Crippen molar-refractivity contribution in [3.63, 3.8) is 0 Å². The number of pyridine rings is 2. The van der Waals surface area contributed by atoms with Gasteiger partial charge in [0.15, 0.2) is 0 Å². The van der Waals surface area contributed by atoms with Crippen LogP contribution in [0.1, 0.15) is 0 Å². The van der Waals surface area contributed by atoms with E-state index in [4.69, 9.17) is 20.9 Å². The molecule has 2 aromatic rings. The Morgan fingerprint density at radius 1 is 0.800 bits per heavy atom. The molecule has 104 valence electrons. The number of aromatic nitrogens is 2. The minimum atomic E-state index is -0.0151. The molecule has 4 N–H and O–H groups in total. The highest BCUT2D eigenvalue weighted by Gasteiger charge is 1.92. The molecule has 0 saturated carbocycles. The fourth-order valence-electron chi connectivity index (χ4n) is 1.02. The fourth-order valence-corrected chi connectivity index (χ4v) is 1.19. The SMILES string of the molecule is NC(=S)Oc1ccccn1.NC(=S)Oc1ccccn1. The maximum atomic E-state index is 5.09. The van der Waals surface area contributed by atoms with E-state index in [0.717, 1.165) is 0 Å². The molecule has 0 aliphatic heterocycles. The third-order valence-electron chi connectivity index (χ3n) is 1.69. The van der Waals surface area contributed by atoms with E-state index < -0.39 is 0 Å².